The molecule has 1 aromatic heterocycles. The molecule has 25 heavy (non-hydrogen) atoms. The van der Waals surface area contributed by atoms with Crippen LogP contribution in [-0.4, -0.2) is 16.4 Å². The molecule has 0 atom stereocenters. The number of amides is 1. The summed E-state index contributed by atoms with van der Waals surface area (Å²) in [6.45, 7) is 0. The standard InChI is InChI=1S/C17H18ClN3O2.2ClH/c18-12-3-8-15(20-11-12)23-14-6-4-13(5-7-14)21-16(22)17(19)9-1-2-10-17;;/h3-8,11H,1-2,9-10,19H2,(H,21,22);2*1H. The van der Waals surface area contributed by atoms with E-state index < -0.39 is 5.54 Å². The minimum Gasteiger partial charge on any atom is -0.439 e. The number of hydrogen-bond acceptors (Lipinski definition) is 4. The maximum absolute atomic E-state index is 12.3. The lowest BCUT2D eigenvalue weighted by Gasteiger charge is -2.22. The van der Waals surface area contributed by atoms with Gasteiger partial charge in [0, 0.05) is 18.0 Å². The molecule has 8 heteroatoms. The van der Waals surface area contributed by atoms with Gasteiger partial charge >= 0.3 is 0 Å². The lowest BCUT2D eigenvalue weighted by atomic mass is 9.98. The van der Waals surface area contributed by atoms with Crippen molar-refractivity contribution in [2.45, 2.75) is 31.2 Å². The van der Waals surface area contributed by atoms with E-state index in [1.807, 2.05) is 0 Å². The Labute approximate surface area is 164 Å². The third kappa shape index (κ3) is 5.47. The zero-order valence-electron chi connectivity index (χ0n) is 13.4. The average Bonchev–Trinajstić information content (AvgIpc) is 3.00. The van der Waals surface area contributed by atoms with E-state index in [9.17, 15) is 4.79 Å². The first-order chi connectivity index (χ1) is 11.0. The Bertz CT molecular complexity index is 687. The van der Waals surface area contributed by atoms with Crippen LogP contribution in [0, 0.1) is 0 Å². The summed E-state index contributed by atoms with van der Waals surface area (Å²) in [5.74, 6) is 0.960. The summed E-state index contributed by atoms with van der Waals surface area (Å²) in [7, 11) is 0. The largest absolute Gasteiger partial charge is 0.439 e. The summed E-state index contributed by atoms with van der Waals surface area (Å²) in [6, 6.07) is 10.5. The molecule has 5 nitrogen and oxygen atoms in total. The molecule has 1 aliphatic rings. The average molecular weight is 405 g/mol. The Balaban J connectivity index is 0.00000156. The highest BCUT2D eigenvalue weighted by Crippen LogP contribution is 2.29. The number of carbonyl (C=O) groups is 1. The van der Waals surface area contributed by atoms with E-state index in [2.05, 4.69) is 10.3 Å². The SMILES string of the molecule is Cl.Cl.NC1(C(=O)Nc2ccc(Oc3ccc(Cl)cn3)cc2)CCCC1. The van der Waals surface area contributed by atoms with Crippen molar-refractivity contribution in [2.24, 2.45) is 5.73 Å². The number of ether oxygens (including phenoxy) is 1. The number of hydrogen-bond donors (Lipinski definition) is 2. The fraction of sp³-hybridized carbons (Fsp3) is 0.294. The van der Waals surface area contributed by atoms with Crippen molar-refractivity contribution >= 4 is 48.0 Å². The molecule has 0 aliphatic heterocycles. The summed E-state index contributed by atoms with van der Waals surface area (Å²) in [6.07, 6.45) is 5.01. The molecule has 0 spiro atoms. The zero-order valence-corrected chi connectivity index (χ0v) is 15.8. The molecule has 136 valence electrons. The van der Waals surface area contributed by atoms with E-state index in [1.165, 1.54) is 6.20 Å². The molecule has 3 N–H and O–H groups in total. The number of aromatic nitrogens is 1. The van der Waals surface area contributed by atoms with Crippen LogP contribution in [0.4, 0.5) is 5.69 Å². The Morgan fingerprint density at radius 1 is 1.12 bits per heavy atom. The highest BCUT2D eigenvalue weighted by atomic mass is 35.5. The van der Waals surface area contributed by atoms with Gasteiger partial charge in [-0.05, 0) is 43.2 Å². The second-order valence-corrected chi connectivity index (χ2v) is 6.19. The first-order valence-electron chi connectivity index (χ1n) is 7.55. The maximum Gasteiger partial charge on any atom is 0.244 e. The number of carbonyl (C=O) groups excluding carboxylic acids is 1. The lowest BCUT2D eigenvalue weighted by Crippen LogP contribution is -2.48. The van der Waals surface area contributed by atoms with E-state index >= 15 is 0 Å². The summed E-state index contributed by atoms with van der Waals surface area (Å²) < 4.78 is 5.61. The van der Waals surface area contributed by atoms with Crippen molar-refractivity contribution in [3.05, 3.63) is 47.6 Å². The van der Waals surface area contributed by atoms with Crippen LogP contribution in [0.15, 0.2) is 42.6 Å². The number of pyridine rings is 1. The number of nitrogens with zero attached hydrogens (tertiary/aromatic N) is 1. The van der Waals surface area contributed by atoms with Gasteiger partial charge in [-0.1, -0.05) is 24.4 Å². The summed E-state index contributed by atoms with van der Waals surface area (Å²) in [5.41, 5.74) is 6.10. The monoisotopic (exact) mass is 403 g/mol. The quantitative estimate of drug-likeness (QED) is 0.782. The second kappa shape index (κ2) is 9.25. The van der Waals surface area contributed by atoms with Gasteiger partial charge < -0.3 is 15.8 Å². The first kappa shape index (κ1) is 21.5. The number of nitrogens with two attached hydrogens (primary N) is 1. The van der Waals surface area contributed by atoms with E-state index in [4.69, 9.17) is 22.1 Å². The van der Waals surface area contributed by atoms with Gasteiger partial charge in [-0.15, -0.1) is 24.8 Å². The van der Waals surface area contributed by atoms with Crippen molar-refractivity contribution in [3.63, 3.8) is 0 Å². The van der Waals surface area contributed by atoms with Gasteiger partial charge in [0.2, 0.25) is 11.8 Å². The van der Waals surface area contributed by atoms with Gasteiger partial charge in [-0.3, -0.25) is 4.79 Å². The Morgan fingerprint density at radius 3 is 2.32 bits per heavy atom. The number of nitrogens with one attached hydrogen (secondary N) is 1. The summed E-state index contributed by atoms with van der Waals surface area (Å²) >= 11 is 5.78. The minimum absolute atomic E-state index is 0. The predicted octanol–water partition coefficient (Wildman–Crippen LogP) is 4.58. The highest BCUT2D eigenvalue weighted by molar-refractivity contribution is 6.30. The molecule has 1 fully saturated rings. The van der Waals surface area contributed by atoms with E-state index in [-0.39, 0.29) is 30.7 Å². The van der Waals surface area contributed by atoms with Crippen molar-refractivity contribution in [3.8, 4) is 11.6 Å². The van der Waals surface area contributed by atoms with Crippen LogP contribution < -0.4 is 15.8 Å². The molecule has 0 unspecified atom stereocenters. The van der Waals surface area contributed by atoms with Crippen LogP contribution in [0.5, 0.6) is 11.6 Å². The zero-order chi connectivity index (χ0) is 16.3. The van der Waals surface area contributed by atoms with Gasteiger partial charge in [-0.2, -0.15) is 0 Å². The summed E-state index contributed by atoms with van der Waals surface area (Å²) in [5, 5.41) is 3.42. The van der Waals surface area contributed by atoms with Crippen LogP contribution in [0.2, 0.25) is 5.02 Å². The molecule has 1 heterocycles. The number of halogens is 3. The Kier molecular flexibility index (Phi) is 7.96. The van der Waals surface area contributed by atoms with Crippen molar-refractivity contribution in [2.75, 3.05) is 5.32 Å². The molecular weight excluding hydrogens is 385 g/mol. The fourth-order valence-electron chi connectivity index (χ4n) is 2.64. The van der Waals surface area contributed by atoms with Crippen LogP contribution in [-0.2, 0) is 4.79 Å². The molecule has 2 aromatic rings. The van der Waals surface area contributed by atoms with Crippen molar-refractivity contribution in [1.29, 1.82) is 0 Å². The summed E-state index contributed by atoms with van der Waals surface area (Å²) in [4.78, 5) is 16.3. The van der Waals surface area contributed by atoms with Crippen LogP contribution in [0.3, 0.4) is 0 Å². The van der Waals surface area contributed by atoms with Crippen LogP contribution >= 0.6 is 36.4 Å². The smallest absolute Gasteiger partial charge is 0.244 e. The predicted molar refractivity (Wildman–Crippen MR) is 104 cm³/mol. The maximum atomic E-state index is 12.3. The van der Waals surface area contributed by atoms with E-state index in [0.717, 1.165) is 25.7 Å². The highest BCUT2D eigenvalue weighted by Gasteiger charge is 2.36. The van der Waals surface area contributed by atoms with Gasteiger partial charge in [0.25, 0.3) is 0 Å². The van der Waals surface area contributed by atoms with Crippen LogP contribution in [0.1, 0.15) is 25.7 Å². The van der Waals surface area contributed by atoms with E-state index in [1.54, 1.807) is 36.4 Å². The van der Waals surface area contributed by atoms with Crippen molar-refractivity contribution in [1.82, 2.24) is 4.98 Å². The van der Waals surface area contributed by atoms with Crippen molar-refractivity contribution < 1.29 is 9.53 Å². The Morgan fingerprint density at radius 2 is 1.76 bits per heavy atom. The third-order valence-corrected chi connectivity index (χ3v) is 4.21. The van der Waals surface area contributed by atoms with E-state index in [0.29, 0.717) is 22.3 Å². The minimum atomic E-state index is -0.734. The molecule has 0 radical (unpaired) electrons. The number of rotatable bonds is 4. The Hall–Kier alpha value is -1.53. The normalized spacial score (nSPS) is 14.8. The molecular formula is C17H20Cl3N3O2. The first-order valence-corrected chi connectivity index (χ1v) is 7.93. The molecule has 3 rings (SSSR count). The third-order valence-electron chi connectivity index (χ3n) is 3.98. The number of benzene rings is 1. The molecule has 1 aliphatic carbocycles. The second-order valence-electron chi connectivity index (χ2n) is 5.76. The lowest BCUT2D eigenvalue weighted by molar-refractivity contribution is -0.121. The van der Waals surface area contributed by atoms with Gasteiger partial charge in [-0.25, -0.2) is 4.98 Å². The molecule has 0 saturated heterocycles. The van der Waals surface area contributed by atoms with Gasteiger partial charge in [0.1, 0.15) is 5.75 Å². The molecule has 1 amide bonds. The fourth-order valence-corrected chi connectivity index (χ4v) is 2.75. The molecule has 1 aromatic carbocycles. The van der Waals surface area contributed by atoms with Gasteiger partial charge in [0.15, 0.2) is 0 Å². The number of anilines is 1. The molecule has 0 bridgehead atoms. The van der Waals surface area contributed by atoms with Gasteiger partial charge in [0.05, 0.1) is 10.6 Å². The molecule has 1 saturated carbocycles. The van der Waals surface area contributed by atoms with Crippen LogP contribution in [0.25, 0.3) is 0 Å². The topological polar surface area (TPSA) is 77.2 Å².